The molecular weight excluding hydrogens is 547 g/mol. The van der Waals surface area contributed by atoms with Gasteiger partial charge in [0.1, 0.15) is 10.7 Å². The lowest BCUT2D eigenvalue weighted by molar-refractivity contribution is -0.113. The van der Waals surface area contributed by atoms with Gasteiger partial charge < -0.3 is 5.32 Å². The number of benzene rings is 3. The molecule has 1 aliphatic rings. The maximum Gasteiger partial charge on any atom is 0.268 e. The smallest absolute Gasteiger partial charge is 0.268 e. The summed E-state index contributed by atoms with van der Waals surface area (Å²) in [5.74, 6) is -0.724. The van der Waals surface area contributed by atoms with Gasteiger partial charge in [0, 0.05) is 21.8 Å². The fourth-order valence-corrected chi connectivity index (χ4v) is 6.41. The molecule has 0 fully saturated rings. The van der Waals surface area contributed by atoms with Crippen molar-refractivity contribution in [3.05, 3.63) is 94.4 Å². The first kappa shape index (κ1) is 26.1. The number of anilines is 2. The number of fused-ring (bicyclic) bond motifs is 3. The van der Waals surface area contributed by atoms with Gasteiger partial charge in [-0.05, 0) is 61.4 Å². The zero-order valence-electron chi connectivity index (χ0n) is 20.4. The van der Waals surface area contributed by atoms with Gasteiger partial charge in [0.2, 0.25) is 5.91 Å². The summed E-state index contributed by atoms with van der Waals surface area (Å²) in [6.07, 6.45) is 1.22. The second kappa shape index (κ2) is 10.4. The first-order valence-electron chi connectivity index (χ1n) is 11.6. The van der Waals surface area contributed by atoms with E-state index in [1.165, 1.54) is 18.3 Å². The second-order valence-corrected chi connectivity index (χ2v) is 12.0. The first-order valence-corrected chi connectivity index (χ1v) is 14.4. The number of rotatable bonds is 6. The second-order valence-electron chi connectivity index (χ2n) is 8.77. The number of thioether (sulfide) groups is 1. The largest absolute Gasteiger partial charge is 0.325 e. The number of hydrogen-bond acceptors (Lipinski definition) is 6. The summed E-state index contributed by atoms with van der Waals surface area (Å²) in [6, 6.07) is 16.4. The topological polar surface area (TPSA) is 92.3 Å². The van der Waals surface area contributed by atoms with Gasteiger partial charge in [0.05, 0.1) is 29.9 Å². The molecule has 1 aliphatic heterocycles. The highest BCUT2D eigenvalue weighted by Crippen LogP contribution is 2.44. The molecule has 0 saturated carbocycles. The maximum atomic E-state index is 14.4. The highest BCUT2D eigenvalue weighted by molar-refractivity contribution is 7.99. The minimum Gasteiger partial charge on any atom is -0.325 e. The normalized spacial score (nSPS) is 13.5. The van der Waals surface area contributed by atoms with Crippen LogP contribution in [0.3, 0.4) is 0 Å². The van der Waals surface area contributed by atoms with E-state index in [1.807, 2.05) is 32.0 Å². The predicted molar refractivity (Wildman–Crippen MR) is 148 cm³/mol. The van der Waals surface area contributed by atoms with Crippen molar-refractivity contribution >= 4 is 50.7 Å². The molecule has 7 nitrogen and oxygen atoms in total. The molecule has 0 spiro atoms. The predicted octanol–water partition coefficient (Wildman–Crippen LogP) is 5.99. The summed E-state index contributed by atoms with van der Waals surface area (Å²) >= 11 is 7.35. The molecule has 1 amide bonds. The van der Waals surface area contributed by atoms with E-state index in [9.17, 15) is 17.6 Å². The third-order valence-corrected chi connectivity index (χ3v) is 9.04. The molecule has 5 rings (SSSR count). The average Bonchev–Trinajstić information content (AvgIpc) is 2.88. The van der Waals surface area contributed by atoms with Crippen molar-refractivity contribution in [2.45, 2.75) is 30.4 Å². The monoisotopic (exact) mass is 568 g/mol. The number of nitrogens with one attached hydrogen (secondary N) is 1. The van der Waals surface area contributed by atoms with Gasteiger partial charge in [-0.3, -0.25) is 9.10 Å². The Bertz CT molecular complexity index is 1680. The molecule has 0 aliphatic carbocycles. The lowest BCUT2D eigenvalue weighted by Gasteiger charge is -2.31. The standard InChI is InChI=1S/C27H22ClFN4O3S2/c1-16-7-9-20(11-17(16)2)31-25(34)15-37-27-30-13-24-26(32-27)21-12-19(28)8-10-23(21)33(38(24,35)36)14-18-5-3-4-6-22(18)29/h3-13H,14-15H2,1-2H3,(H,31,34). The van der Waals surface area contributed by atoms with E-state index in [2.05, 4.69) is 15.3 Å². The van der Waals surface area contributed by atoms with Crippen molar-refractivity contribution in [1.82, 2.24) is 9.97 Å². The molecule has 3 aromatic carbocycles. The van der Waals surface area contributed by atoms with Crippen LogP contribution in [0.2, 0.25) is 5.02 Å². The first-order chi connectivity index (χ1) is 18.1. The molecule has 11 heteroatoms. The zero-order chi connectivity index (χ0) is 27.0. The lowest BCUT2D eigenvalue weighted by atomic mass is 10.1. The van der Waals surface area contributed by atoms with Crippen LogP contribution in [0, 0.1) is 19.7 Å². The average molecular weight is 569 g/mol. The third-order valence-electron chi connectivity index (χ3n) is 6.18. The van der Waals surface area contributed by atoms with Crippen LogP contribution in [0.25, 0.3) is 11.3 Å². The van der Waals surface area contributed by atoms with Gasteiger partial charge in [0.25, 0.3) is 10.0 Å². The Morgan fingerprint density at radius 3 is 2.63 bits per heavy atom. The molecule has 1 N–H and O–H groups in total. The van der Waals surface area contributed by atoms with Crippen LogP contribution in [0.1, 0.15) is 16.7 Å². The summed E-state index contributed by atoms with van der Waals surface area (Å²) in [7, 11) is -4.11. The van der Waals surface area contributed by atoms with E-state index < -0.39 is 15.8 Å². The zero-order valence-corrected chi connectivity index (χ0v) is 22.8. The number of nitrogens with zero attached hydrogens (tertiary/aromatic N) is 3. The number of aryl methyl sites for hydroxylation is 2. The highest BCUT2D eigenvalue weighted by Gasteiger charge is 2.37. The number of carbonyl (C=O) groups excluding carboxylic acids is 1. The van der Waals surface area contributed by atoms with Crippen LogP contribution in [0.15, 0.2) is 76.9 Å². The number of halogens is 2. The van der Waals surface area contributed by atoms with Gasteiger partial charge in [-0.15, -0.1) is 0 Å². The van der Waals surface area contributed by atoms with Gasteiger partial charge >= 0.3 is 0 Å². The number of sulfonamides is 1. The van der Waals surface area contributed by atoms with Crippen molar-refractivity contribution in [2.75, 3.05) is 15.4 Å². The fourth-order valence-electron chi connectivity index (χ4n) is 4.07. The van der Waals surface area contributed by atoms with Gasteiger partial charge in [-0.1, -0.05) is 47.6 Å². The number of amides is 1. The molecule has 194 valence electrons. The van der Waals surface area contributed by atoms with Crippen molar-refractivity contribution in [2.24, 2.45) is 0 Å². The van der Waals surface area contributed by atoms with Crippen molar-refractivity contribution in [3.63, 3.8) is 0 Å². The van der Waals surface area contributed by atoms with Crippen LogP contribution in [-0.2, 0) is 21.4 Å². The molecule has 4 aromatic rings. The summed E-state index contributed by atoms with van der Waals surface area (Å²) in [5, 5.41) is 3.47. The Hall–Kier alpha value is -3.47. The number of aromatic nitrogens is 2. The van der Waals surface area contributed by atoms with E-state index >= 15 is 0 Å². The minimum atomic E-state index is -4.11. The van der Waals surface area contributed by atoms with Crippen LogP contribution in [0.5, 0.6) is 0 Å². The van der Waals surface area contributed by atoms with Gasteiger partial charge in [-0.2, -0.15) is 0 Å². The highest BCUT2D eigenvalue weighted by atomic mass is 35.5. The van der Waals surface area contributed by atoms with Crippen molar-refractivity contribution in [1.29, 1.82) is 0 Å². The Labute approximate surface area is 229 Å². The van der Waals surface area contributed by atoms with Gasteiger partial charge in [0.15, 0.2) is 5.16 Å². The number of hydrogen-bond donors (Lipinski definition) is 1. The molecule has 0 atom stereocenters. The van der Waals surface area contributed by atoms with Crippen LogP contribution < -0.4 is 9.62 Å². The Balaban J connectivity index is 1.43. The molecule has 0 bridgehead atoms. The molecule has 0 unspecified atom stereocenters. The van der Waals surface area contributed by atoms with Crippen LogP contribution in [0.4, 0.5) is 15.8 Å². The van der Waals surface area contributed by atoms with E-state index in [1.54, 1.807) is 30.3 Å². The van der Waals surface area contributed by atoms with Gasteiger partial charge in [-0.25, -0.2) is 22.8 Å². The molecular formula is C27H22ClFN4O3S2. The van der Waals surface area contributed by atoms with Crippen molar-refractivity contribution in [3.8, 4) is 11.3 Å². The summed E-state index contributed by atoms with van der Waals surface area (Å²) < 4.78 is 42.8. The summed E-state index contributed by atoms with van der Waals surface area (Å²) in [5.41, 5.74) is 4.09. The molecule has 0 radical (unpaired) electrons. The molecule has 38 heavy (non-hydrogen) atoms. The molecule has 1 aromatic heterocycles. The Morgan fingerprint density at radius 2 is 1.87 bits per heavy atom. The molecule has 0 saturated heterocycles. The van der Waals surface area contributed by atoms with Crippen molar-refractivity contribution < 1.29 is 17.6 Å². The quantitative estimate of drug-likeness (QED) is 0.227. The Kier molecular flexibility index (Phi) is 7.13. The maximum absolute atomic E-state index is 14.4. The third kappa shape index (κ3) is 5.11. The SMILES string of the molecule is Cc1ccc(NC(=O)CSc2ncc3c(n2)-c2cc(Cl)ccc2N(Cc2ccccc2F)S3(=O)=O)cc1C. The van der Waals surface area contributed by atoms with E-state index in [4.69, 9.17) is 11.6 Å². The summed E-state index contributed by atoms with van der Waals surface area (Å²) in [4.78, 5) is 21.1. The van der Waals surface area contributed by atoms with Crippen LogP contribution >= 0.6 is 23.4 Å². The molecule has 2 heterocycles. The minimum absolute atomic E-state index is 0.0280. The summed E-state index contributed by atoms with van der Waals surface area (Å²) in [6.45, 7) is 3.75. The Morgan fingerprint density at radius 1 is 1.08 bits per heavy atom. The fraction of sp³-hybridized carbons (Fsp3) is 0.148. The van der Waals surface area contributed by atoms with E-state index in [0.717, 1.165) is 27.2 Å². The number of carbonyl (C=O) groups is 1. The van der Waals surface area contributed by atoms with E-state index in [0.29, 0.717) is 22.0 Å². The van der Waals surface area contributed by atoms with E-state index in [-0.39, 0.29) is 39.5 Å². The van der Waals surface area contributed by atoms with Crippen LogP contribution in [-0.4, -0.2) is 30.0 Å². The lowest BCUT2D eigenvalue weighted by Crippen LogP contribution is -2.34.